The smallest absolute Gasteiger partial charge is 0.303 e. The van der Waals surface area contributed by atoms with Crippen LogP contribution in [-0.2, 0) is 11.2 Å². The molecular formula is C19H19F2NO4. The number of anilines is 1. The van der Waals surface area contributed by atoms with Crippen LogP contribution in [0.4, 0.5) is 14.5 Å². The number of amides is 1. The van der Waals surface area contributed by atoms with Crippen molar-refractivity contribution >= 4 is 17.6 Å². The van der Waals surface area contributed by atoms with Crippen LogP contribution in [0.25, 0.3) is 0 Å². The van der Waals surface area contributed by atoms with E-state index in [1.165, 1.54) is 0 Å². The molecule has 5 nitrogen and oxygen atoms in total. The number of nitrogens with one attached hydrogen (secondary N) is 1. The molecule has 138 valence electrons. The molecule has 0 atom stereocenters. The summed E-state index contributed by atoms with van der Waals surface area (Å²) in [6.07, 6.45) is 0.965. The molecule has 0 radical (unpaired) electrons. The third kappa shape index (κ3) is 5.27. The van der Waals surface area contributed by atoms with E-state index in [0.29, 0.717) is 29.7 Å². The minimum atomic E-state index is -0.972. The predicted molar refractivity (Wildman–Crippen MR) is 92.5 cm³/mol. The lowest BCUT2D eigenvalue weighted by atomic mass is 10.1. The second kappa shape index (κ2) is 8.94. The molecule has 0 spiro atoms. The van der Waals surface area contributed by atoms with Gasteiger partial charge in [0.1, 0.15) is 17.4 Å². The van der Waals surface area contributed by atoms with Crippen molar-refractivity contribution in [1.82, 2.24) is 0 Å². The molecule has 0 saturated heterocycles. The van der Waals surface area contributed by atoms with E-state index in [1.807, 2.05) is 6.92 Å². The number of carbonyl (C=O) groups excluding carboxylic acids is 1. The minimum absolute atomic E-state index is 0.0604. The second-order valence-corrected chi connectivity index (χ2v) is 5.65. The Hall–Kier alpha value is -2.96. The van der Waals surface area contributed by atoms with Crippen LogP contribution in [0.15, 0.2) is 36.4 Å². The number of ether oxygens (including phenoxy) is 1. The van der Waals surface area contributed by atoms with Crippen LogP contribution < -0.4 is 10.1 Å². The van der Waals surface area contributed by atoms with Crippen molar-refractivity contribution in [3.63, 3.8) is 0 Å². The number of aliphatic carboxylic acids is 1. The molecule has 2 aromatic rings. The van der Waals surface area contributed by atoms with Gasteiger partial charge in [0.05, 0.1) is 17.9 Å². The van der Waals surface area contributed by atoms with E-state index in [2.05, 4.69) is 5.32 Å². The number of aryl methyl sites for hydroxylation is 1. The SMILES string of the molecule is CCCOc1ccc(CCC(=O)O)cc1NC(=O)c1ccc(F)cc1F. The van der Waals surface area contributed by atoms with Gasteiger partial charge in [0.2, 0.25) is 0 Å². The first-order chi connectivity index (χ1) is 12.4. The van der Waals surface area contributed by atoms with Crippen molar-refractivity contribution in [1.29, 1.82) is 0 Å². The Morgan fingerprint density at radius 1 is 1.15 bits per heavy atom. The average Bonchev–Trinajstić information content (AvgIpc) is 2.59. The minimum Gasteiger partial charge on any atom is -0.491 e. The van der Waals surface area contributed by atoms with Gasteiger partial charge < -0.3 is 15.2 Å². The molecule has 0 bridgehead atoms. The zero-order valence-electron chi connectivity index (χ0n) is 14.2. The molecule has 26 heavy (non-hydrogen) atoms. The molecule has 1 amide bonds. The number of hydrogen-bond donors (Lipinski definition) is 2. The molecule has 2 aromatic carbocycles. The number of hydrogen-bond acceptors (Lipinski definition) is 3. The van der Waals surface area contributed by atoms with E-state index >= 15 is 0 Å². The first-order valence-electron chi connectivity index (χ1n) is 8.14. The molecule has 0 aliphatic rings. The molecule has 2 N–H and O–H groups in total. The fourth-order valence-corrected chi connectivity index (χ4v) is 2.28. The van der Waals surface area contributed by atoms with E-state index < -0.39 is 23.5 Å². The highest BCUT2D eigenvalue weighted by Crippen LogP contribution is 2.27. The van der Waals surface area contributed by atoms with Gasteiger partial charge in [-0.1, -0.05) is 13.0 Å². The van der Waals surface area contributed by atoms with E-state index in [1.54, 1.807) is 18.2 Å². The van der Waals surface area contributed by atoms with Crippen molar-refractivity contribution in [3.8, 4) is 5.75 Å². The zero-order valence-corrected chi connectivity index (χ0v) is 14.2. The van der Waals surface area contributed by atoms with Gasteiger partial charge in [0.25, 0.3) is 5.91 Å². The van der Waals surface area contributed by atoms with Gasteiger partial charge in [-0.2, -0.15) is 0 Å². The van der Waals surface area contributed by atoms with E-state index in [-0.39, 0.29) is 18.4 Å². The lowest BCUT2D eigenvalue weighted by Gasteiger charge is -2.14. The maximum atomic E-state index is 13.8. The molecular weight excluding hydrogens is 344 g/mol. The topological polar surface area (TPSA) is 75.6 Å². The molecule has 0 heterocycles. The van der Waals surface area contributed by atoms with E-state index in [9.17, 15) is 18.4 Å². The summed E-state index contributed by atoms with van der Waals surface area (Å²) in [7, 11) is 0. The standard InChI is InChI=1S/C19H19F2NO4/c1-2-9-26-17-7-3-12(4-8-18(23)24)10-16(17)22-19(25)14-6-5-13(20)11-15(14)21/h3,5-7,10-11H,2,4,8-9H2,1H3,(H,22,25)(H,23,24). The number of carboxylic acids is 1. The lowest BCUT2D eigenvalue weighted by Crippen LogP contribution is -2.15. The van der Waals surface area contributed by atoms with Gasteiger partial charge in [-0.3, -0.25) is 9.59 Å². The number of carbonyl (C=O) groups is 2. The van der Waals surface area contributed by atoms with Crippen molar-refractivity contribution in [3.05, 3.63) is 59.2 Å². The van der Waals surface area contributed by atoms with Crippen LogP contribution >= 0.6 is 0 Å². The van der Waals surface area contributed by atoms with Gasteiger partial charge >= 0.3 is 5.97 Å². The Morgan fingerprint density at radius 3 is 2.58 bits per heavy atom. The number of carboxylic acid groups (broad SMARTS) is 1. The van der Waals surface area contributed by atoms with Gasteiger partial charge in [0.15, 0.2) is 0 Å². The molecule has 7 heteroatoms. The summed E-state index contributed by atoms with van der Waals surface area (Å²) in [5.41, 5.74) is 0.685. The van der Waals surface area contributed by atoms with Crippen LogP contribution in [0.1, 0.15) is 35.7 Å². The fourth-order valence-electron chi connectivity index (χ4n) is 2.28. The van der Waals surface area contributed by atoms with Gasteiger partial charge in [-0.15, -0.1) is 0 Å². The predicted octanol–water partition coefficient (Wildman–Crippen LogP) is 4.02. The summed E-state index contributed by atoms with van der Waals surface area (Å²) < 4.78 is 32.4. The fraction of sp³-hybridized carbons (Fsp3) is 0.263. The summed E-state index contributed by atoms with van der Waals surface area (Å²) in [5.74, 6) is -3.04. The summed E-state index contributed by atoms with van der Waals surface area (Å²) in [4.78, 5) is 23.1. The highest BCUT2D eigenvalue weighted by Gasteiger charge is 2.15. The summed E-state index contributed by atoms with van der Waals surface area (Å²) in [5, 5.41) is 11.3. The van der Waals surface area contributed by atoms with Crippen LogP contribution in [-0.4, -0.2) is 23.6 Å². The molecule has 0 fully saturated rings. The van der Waals surface area contributed by atoms with Crippen molar-refractivity contribution in [2.75, 3.05) is 11.9 Å². The Kier molecular flexibility index (Phi) is 6.66. The molecule has 0 unspecified atom stereocenters. The van der Waals surface area contributed by atoms with Crippen LogP contribution in [0.5, 0.6) is 5.75 Å². The quantitative estimate of drug-likeness (QED) is 0.743. The zero-order chi connectivity index (χ0) is 19.1. The maximum Gasteiger partial charge on any atom is 0.303 e. The van der Waals surface area contributed by atoms with E-state index in [0.717, 1.165) is 18.6 Å². The summed E-state index contributed by atoms with van der Waals surface area (Å²) in [6.45, 7) is 2.34. The monoisotopic (exact) mass is 363 g/mol. The third-order valence-corrected chi connectivity index (χ3v) is 3.56. The van der Waals surface area contributed by atoms with Gasteiger partial charge in [-0.25, -0.2) is 8.78 Å². The first-order valence-corrected chi connectivity index (χ1v) is 8.14. The first kappa shape index (κ1) is 19.4. The normalized spacial score (nSPS) is 10.4. The Morgan fingerprint density at radius 2 is 1.92 bits per heavy atom. The maximum absolute atomic E-state index is 13.8. The van der Waals surface area contributed by atoms with Crippen molar-refractivity contribution < 1.29 is 28.2 Å². The molecule has 0 saturated carbocycles. The molecule has 0 aromatic heterocycles. The third-order valence-electron chi connectivity index (χ3n) is 3.56. The second-order valence-electron chi connectivity index (χ2n) is 5.65. The Bertz CT molecular complexity index is 808. The van der Waals surface area contributed by atoms with Gasteiger partial charge in [0, 0.05) is 12.5 Å². The molecule has 0 aliphatic carbocycles. The van der Waals surface area contributed by atoms with Crippen LogP contribution in [0, 0.1) is 11.6 Å². The summed E-state index contributed by atoms with van der Waals surface area (Å²) >= 11 is 0. The van der Waals surface area contributed by atoms with E-state index in [4.69, 9.17) is 9.84 Å². The number of halogens is 2. The number of benzene rings is 2. The van der Waals surface area contributed by atoms with Crippen LogP contribution in [0.3, 0.4) is 0 Å². The van der Waals surface area contributed by atoms with Crippen molar-refractivity contribution in [2.24, 2.45) is 0 Å². The average molecular weight is 363 g/mol. The van der Waals surface area contributed by atoms with Crippen molar-refractivity contribution in [2.45, 2.75) is 26.2 Å². The largest absolute Gasteiger partial charge is 0.491 e. The highest BCUT2D eigenvalue weighted by atomic mass is 19.1. The van der Waals surface area contributed by atoms with Gasteiger partial charge in [-0.05, 0) is 42.7 Å². The summed E-state index contributed by atoms with van der Waals surface area (Å²) in [6, 6.07) is 7.61. The Labute approximate surface area is 149 Å². The number of rotatable bonds is 8. The molecule has 2 rings (SSSR count). The molecule has 0 aliphatic heterocycles. The Balaban J connectivity index is 2.26. The highest BCUT2D eigenvalue weighted by molar-refractivity contribution is 6.05. The lowest BCUT2D eigenvalue weighted by molar-refractivity contribution is -0.136. The van der Waals surface area contributed by atoms with Crippen LogP contribution in [0.2, 0.25) is 0 Å².